The van der Waals surface area contributed by atoms with Crippen LogP contribution < -0.4 is 10.5 Å². The maximum absolute atomic E-state index is 13.0. The number of nitrogens with one attached hydrogen (secondary N) is 1. The standard InChI is InChI=1S/C20H16ClF3N4O2/c21-15-9-12(20(22,23)24)11-25-18(15)27-5-7-28(8-6-27)19(30)14-10-17(29)26-16-4-2-1-3-13(14)16/h1-4,9-11H,5-8H2,(H,26,29). The maximum atomic E-state index is 13.0. The van der Waals surface area contributed by atoms with Crippen LogP contribution in [0.25, 0.3) is 10.9 Å². The van der Waals surface area contributed by atoms with Crippen molar-refractivity contribution in [1.82, 2.24) is 14.9 Å². The van der Waals surface area contributed by atoms with E-state index in [2.05, 4.69) is 9.97 Å². The molecule has 30 heavy (non-hydrogen) atoms. The monoisotopic (exact) mass is 436 g/mol. The Labute approximate surface area is 173 Å². The number of piperazine rings is 1. The van der Waals surface area contributed by atoms with Crippen LogP contribution in [0.4, 0.5) is 19.0 Å². The Bertz CT molecular complexity index is 1170. The lowest BCUT2D eigenvalue weighted by atomic mass is 10.1. The zero-order valence-electron chi connectivity index (χ0n) is 15.5. The first kappa shape index (κ1) is 20.2. The molecular weight excluding hydrogens is 421 g/mol. The first-order chi connectivity index (χ1) is 14.2. The lowest BCUT2D eigenvalue weighted by molar-refractivity contribution is -0.137. The molecule has 1 N–H and O–H groups in total. The molecule has 0 radical (unpaired) electrons. The number of carbonyl (C=O) groups excluding carboxylic acids is 1. The van der Waals surface area contributed by atoms with Gasteiger partial charge < -0.3 is 14.8 Å². The fourth-order valence-corrected chi connectivity index (χ4v) is 3.78. The summed E-state index contributed by atoms with van der Waals surface area (Å²) in [6, 6.07) is 9.18. The second kappa shape index (κ2) is 7.64. The third-order valence-corrected chi connectivity index (χ3v) is 5.27. The van der Waals surface area contributed by atoms with Crippen LogP contribution in [0.2, 0.25) is 5.02 Å². The number of pyridine rings is 2. The summed E-state index contributed by atoms with van der Waals surface area (Å²) in [5.41, 5.74) is -0.385. The van der Waals surface area contributed by atoms with Gasteiger partial charge in [0.05, 0.1) is 16.1 Å². The number of carbonyl (C=O) groups is 1. The molecule has 3 aromatic rings. The maximum Gasteiger partial charge on any atom is 0.417 e. The van der Waals surface area contributed by atoms with E-state index >= 15 is 0 Å². The summed E-state index contributed by atoms with van der Waals surface area (Å²) in [6.07, 6.45) is -3.77. The van der Waals surface area contributed by atoms with Gasteiger partial charge in [-0.05, 0) is 12.1 Å². The molecule has 1 aromatic carbocycles. The predicted octanol–water partition coefficient (Wildman–Crippen LogP) is 3.56. The molecule has 0 atom stereocenters. The lowest BCUT2D eigenvalue weighted by Gasteiger charge is -2.36. The van der Waals surface area contributed by atoms with Crippen LogP contribution in [0.3, 0.4) is 0 Å². The molecule has 6 nitrogen and oxygen atoms in total. The number of aromatic amines is 1. The van der Waals surface area contributed by atoms with Crippen molar-refractivity contribution in [3.63, 3.8) is 0 Å². The number of nitrogens with zero attached hydrogens (tertiary/aromatic N) is 3. The van der Waals surface area contributed by atoms with Crippen LogP contribution in [0, 0.1) is 0 Å². The van der Waals surface area contributed by atoms with E-state index in [4.69, 9.17) is 11.6 Å². The zero-order chi connectivity index (χ0) is 21.5. The van der Waals surface area contributed by atoms with E-state index in [0.29, 0.717) is 42.6 Å². The fourth-order valence-electron chi connectivity index (χ4n) is 3.49. The van der Waals surface area contributed by atoms with E-state index in [1.165, 1.54) is 6.07 Å². The summed E-state index contributed by atoms with van der Waals surface area (Å²) >= 11 is 6.02. The van der Waals surface area contributed by atoms with E-state index in [9.17, 15) is 22.8 Å². The van der Waals surface area contributed by atoms with Gasteiger partial charge in [-0.3, -0.25) is 9.59 Å². The van der Waals surface area contributed by atoms with Crippen LogP contribution in [-0.4, -0.2) is 47.0 Å². The van der Waals surface area contributed by atoms with Gasteiger partial charge >= 0.3 is 6.18 Å². The number of halogens is 4. The van der Waals surface area contributed by atoms with E-state index in [1.54, 1.807) is 34.1 Å². The number of fused-ring (bicyclic) bond motifs is 1. The fraction of sp³-hybridized carbons (Fsp3) is 0.250. The zero-order valence-corrected chi connectivity index (χ0v) is 16.3. The topological polar surface area (TPSA) is 69.3 Å². The number of rotatable bonds is 2. The summed E-state index contributed by atoms with van der Waals surface area (Å²) < 4.78 is 38.4. The SMILES string of the molecule is O=C(c1cc(=O)[nH]c2ccccc12)N1CCN(c2ncc(C(F)(F)F)cc2Cl)CC1. The molecular formula is C20H16ClF3N4O2. The van der Waals surface area contributed by atoms with E-state index in [0.717, 1.165) is 12.3 Å². The Morgan fingerprint density at radius 2 is 1.80 bits per heavy atom. The van der Waals surface area contributed by atoms with Gasteiger partial charge in [0.2, 0.25) is 5.56 Å². The van der Waals surface area contributed by atoms with Crippen molar-refractivity contribution in [3.05, 3.63) is 69.1 Å². The number of para-hydroxylation sites is 1. The number of alkyl halides is 3. The number of amides is 1. The smallest absolute Gasteiger partial charge is 0.352 e. The van der Waals surface area contributed by atoms with Crippen molar-refractivity contribution in [2.24, 2.45) is 0 Å². The molecule has 2 aromatic heterocycles. The highest BCUT2D eigenvalue weighted by Gasteiger charge is 2.32. The molecule has 1 saturated heterocycles. The van der Waals surface area contributed by atoms with Gasteiger partial charge in [0, 0.05) is 49.3 Å². The van der Waals surface area contributed by atoms with Crippen molar-refractivity contribution in [2.75, 3.05) is 31.1 Å². The quantitative estimate of drug-likeness (QED) is 0.667. The number of H-pyrrole nitrogens is 1. The molecule has 156 valence electrons. The predicted molar refractivity (Wildman–Crippen MR) is 107 cm³/mol. The number of hydrogen-bond acceptors (Lipinski definition) is 4. The van der Waals surface area contributed by atoms with Gasteiger partial charge in [-0.15, -0.1) is 0 Å². The lowest BCUT2D eigenvalue weighted by Crippen LogP contribution is -2.49. The van der Waals surface area contributed by atoms with Crippen LogP contribution in [-0.2, 0) is 6.18 Å². The van der Waals surface area contributed by atoms with Gasteiger partial charge in [-0.2, -0.15) is 13.2 Å². The van der Waals surface area contributed by atoms with Crippen LogP contribution in [0.1, 0.15) is 15.9 Å². The highest BCUT2D eigenvalue weighted by atomic mass is 35.5. The number of hydrogen-bond donors (Lipinski definition) is 1. The third-order valence-electron chi connectivity index (χ3n) is 5.00. The van der Waals surface area contributed by atoms with Gasteiger partial charge in [0.25, 0.3) is 5.91 Å². The average molecular weight is 437 g/mol. The molecule has 1 aliphatic heterocycles. The molecule has 0 spiro atoms. The first-order valence-corrected chi connectivity index (χ1v) is 9.51. The second-order valence-corrected chi connectivity index (χ2v) is 7.31. The number of anilines is 1. The highest BCUT2D eigenvalue weighted by Crippen LogP contribution is 2.33. The first-order valence-electron chi connectivity index (χ1n) is 9.13. The van der Waals surface area contributed by atoms with Crippen molar-refractivity contribution < 1.29 is 18.0 Å². The summed E-state index contributed by atoms with van der Waals surface area (Å²) in [4.78, 5) is 34.9. The highest BCUT2D eigenvalue weighted by molar-refractivity contribution is 6.33. The van der Waals surface area contributed by atoms with Crippen LogP contribution in [0.15, 0.2) is 47.4 Å². The minimum atomic E-state index is -4.52. The Hall–Kier alpha value is -3.07. The van der Waals surface area contributed by atoms with Gasteiger partial charge in [-0.1, -0.05) is 29.8 Å². The molecule has 0 saturated carbocycles. The Balaban J connectivity index is 1.52. The van der Waals surface area contributed by atoms with Crippen molar-refractivity contribution in [3.8, 4) is 0 Å². The summed E-state index contributed by atoms with van der Waals surface area (Å²) in [5.74, 6) is -0.0261. The van der Waals surface area contributed by atoms with Crippen molar-refractivity contribution >= 4 is 34.2 Å². The Kier molecular flexibility index (Phi) is 5.15. The van der Waals surface area contributed by atoms with E-state index < -0.39 is 11.7 Å². The van der Waals surface area contributed by atoms with Gasteiger partial charge in [0.1, 0.15) is 5.82 Å². The van der Waals surface area contributed by atoms with Gasteiger partial charge in [-0.25, -0.2) is 4.98 Å². The van der Waals surface area contributed by atoms with Gasteiger partial charge in [0.15, 0.2) is 0 Å². The molecule has 1 fully saturated rings. The van der Waals surface area contributed by atoms with E-state index in [-0.39, 0.29) is 22.3 Å². The Morgan fingerprint density at radius 1 is 1.10 bits per heavy atom. The largest absolute Gasteiger partial charge is 0.417 e. The van der Waals surface area contributed by atoms with Crippen LogP contribution in [0.5, 0.6) is 0 Å². The second-order valence-electron chi connectivity index (χ2n) is 6.90. The van der Waals surface area contributed by atoms with Crippen molar-refractivity contribution in [1.29, 1.82) is 0 Å². The Morgan fingerprint density at radius 3 is 2.47 bits per heavy atom. The molecule has 3 heterocycles. The molecule has 10 heteroatoms. The van der Waals surface area contributed by atoms with E-state index in [1.807, 2.05) is 0 Å². The minimum Gasteiger partial charge on any atom is -0.352 e. The molecule has 0 bridgehead atoms. The molecule has 4 rings (SSSR count). The summed E-state index contributed by atoms with van der Waals surface area (Å²) in [7, 11) is 0. The minimum absolute atomic E-state index is 0.0924. The number of aromatic nitrogens is 2. The molecule has 1 amide bonds. The molecule has 0 unspecified atom stereocenters. The summed E-state index contributed by atoms with van der Waals surface area (Å²) in [5, 5.41) is 0.558. The van der Waals surface area contributed by atoms with Crippen molar-refractivity contribution in [2.45, 2.75) is 6.18 Å². The molecule has 1 aliphatic rings. The average Bonchev–Trinajstić information content (AvgIpc) is 2.72. The summed E-state index contributed by atoms with van der Waals surface area (Å²) in [6.45, 7) is 1.34. The normalized spacial score (nSPS) is 14.9. The molecule has 0 aliphatic carbocycles. The third kappa shape index (κ3) is 3.85. The number of benzene rings is 1. The van der Waals surface area contributed by atoms with Crippen LogP contribution >= 0.6 is 11.6 Å².